The van der Waals surface area contributed by atoms with Crippen LogP contribution in [0.5, 0.6) is 0 Å². The van der Waals surface area contributed by atoms with Crippen molar-refractivity contribution in [1.82, 2.24) is 20.4 Å². The van der Waals surface area contributed by atoms with Gasteiger partial charge in [0.25, 0.3) is 11.8 Å². The quantitative estimate of drug-likeness (QED) is 0.243. The number of nitrogens with zero attached hydrogens (tertiary/aromatic N) is 4. The van der Waals surface area contributed by atoms with Gasteiger partial charge in [-0.05, 0) is 63.5 Å². The van der Waals surface area contributed by atoms with Crippen molar-refractivity contribution in [1.29, 1.82) is 0 Å². The molecule has 0 spiro atoms. The predicted molar refractivity (Wildman–Crippen MR) is 152 cm³/mol. The summed E-state index contributed by atoms with van der Waals surface area (Å²) in [6.07, 6.45) is 25.8. The van der Waals surface area contributed by atoms with E-state index in [1.807, 2.05) is 63.5 Å². The van der Waals surface area contributed by atoms with E-state index in [0.717, 1.165) is 11.8 Å². The zero-order valence-corrected chi connectivity index (χ0v) is 22.8. The van der Waals surface area contributed by atoms with Gasteiger partial charge in [-0.2, -0.15) is 0 Å². The van der Waals surface area contributed by atoms with Crippen LogP contribution in [-0.2, 0) is 26.7 Å². The van der Waals surface area contributed by atoms with E-state index in [-0.39, 0.29) is 28.9 Å². The van der Waals surface area contributed by atoms with Gasteiger partial charge in [0.05, 0.1) is 13.1 Å². The fourth-order valence-corrected chi connectivity index (χ4v) is 3.61. The second kappa shape index (κ2) is 16.7. The van der Waals surface area contributed by atoms with E-state index in [0.29, 0.717) is 49.5 Å². The van der Waals surface area contributed by atoms with Gasteiger partial charge < -0.3 is 10.6 Å². The van der Waals surface area contributed by atoms with E-state index in [1.54, 1.807) is 34.1 Å². The average molecular weight is 564 g/mol. The Labute approximate surface area is 243 Å². The minimum absolute atomic E-state index is 0. The summed E-state index contributed by atoms with van der Waals surface area (Å²) in [6, 6.07) is 0. The summed E-state index contributed by atoms with van der Waals surface area (Å²) in [4.78, 5) is 36.1. The molecule has 4 fully saturated rings. The largest absolute Gasteiger partial charge is 2.00 e. The first-order valence-electron chi connectivity index (χ1n) is 12.1. The van der Waals surface area contributed by atoms with Crippen LogP contribution in [0.2, 0.25) is 0 Å². The molecule has 2 saturated carbocycles. The molecule has 8 nitrogen and oxygen atoms in total. The second-order valence-electron chi connectivity index (χ2n) is 8.12. The molecule has 0 aromatic heterocycles. The fraction of sp³-hybridized carbons (Fsp3) is 0.133. The Bertz CT molecular complexity index is 950. The molecule has 2 saturated heterocycles. The molecular weight excluding hydrogens is 532 g/mol. The van der Waals surface area contributed by atoms with Crippen LogP contribution in [0.3, 0.4) is 0 Å². The summed E-state index contributed by atoms with van der Waals surface area (Å²) in [7, 11) is 0. The summed E-state index contributed by atoms with van der Waals surface area (Å²) < 4.78 is 0. The van der Waals surface area contributed by atoms with Crippen molar-refractivity contribution in [2.75, 3.05) is 26.2 Å². The SMILES string of the molecule is C=CCN=C1N/C(=C\[C]2[CH][CH][CH][CH]2)C(=O)N1CC=C.C=CCN=C1N/C(=C\[C]2[CH][CH][CH][CH]2)C(=O)N1CC=C.[Fe+2]. The molecule has 0 aromatic rings. The molecule has 4 rings (SSSR count). The number of hydrogen-bond donors (Lipinski definition) is 2. The van der Waals surface area contributed by atoms with Crippen molar-refractivity contribution in [3.63, 3.8) is 0 Å². The number of allylic oxidation sites excluding steroid dienone is 2. The molecule has 0 unspecified atom stereocenters. The smallest absolute Gasteiger partial charge is 0.321 e. The first kappa shape index (κ1) is 32.1. The minimum atomic E-state index is -0.0936. The number of aliphatic imine (C=N–C) groups is 2. The van der Waals surface area contributed by atoms with Crippen molar-refractivity contribution in [3.05, 3.63) is 137 Å². The molecule has 0 bridgehead atoms. The number of carbonyl (C=O) groups is 2. The van der Waals surface area contributed by atoms with E-state index in [2.05, 4.69) is 46.9 Å². The van der Waals surface area contributed by atoms with E-state index < -0.39 is 0 Å². The van der Waals surface area contributed by atoms with Crippen molar-refractivity contribution >= 4 is 23.7 Å². The van der Waals surface area contributed by atoms with Gasteiger partial charge in [-0.1, -0.05) is 24.3 Å². The second-order valence-corrected chi connectivity index (χ2v) is 8.12. The van der Waals surface area contributed by atoms with Gasteiger partial charge in [-0.15, -0.1) is 26.3 Å². The molecule has 10 radical (unpaired) electrons. The Morgan fingerprint density at radius 2 is 1.00 bits per heavy atom. The average Bonchev–Trinajstić information content (AvgIpc) is 3.72. The summed E-state index contributed by atoms with van der Waals surface area (Å²) >= 11 is 0. The molecule has 200 valence electrons. The number of rotatable bonds is 10. The van der Waals surface area contributed by atoms with Crippen molar-refractivity contribution < 1.29 is 26.7 Å². The number of nitrogens with one attached hydrogen (secondary N) is 2. The summed E-state index contributed by atoms with van der Waals surface area (Å²) in [5.74, 6) is 2.87. The Hall–Kier alpha value is -3.16. The predicted octanol–water partition coefficient (Wildman–Crippen LogP) is 2.87. The molecule has 2 aliphatic carbocycles. The van der Waals surface area contributed by atoms with Gasteiger partial charge >= 0.3 is 17.1 Å². The molecule has 2 amide bonds. The fourth-order valence-electron chi connectivity index (χ4n) is 3.61. The minimum Gasteiger partial charge on any atom is -0.321 e. The summed E-state index contributed by atoms with van der Waals surface area (Å²) in [5.41, 5.74) is 1.05. The molecule has 0 aromatic carbocycles. The number of hydrogen-bond acceptors (Lipinski definition) is 4. The zero-order valence-electron chi connectivity index (χ0n) is 21.7. The molecule has 0 atom stereocenters. The molecule has 39 heavy (non-hydrogen) atoms. The first-order valence-corrected chi connectivity index (χ1v) is 12.1. The van der Waals surface area contributed by atoms with E-state index >= 15 is 0 Å². The van der Waals surface area contributed by atoms with Crippen molar-refractivity contribution in [3.8, 4) is 0 Å². The number of amides is 2. The van der Waals surface area contributed by atoms with Gasteiger partial charge in [0.1, 0.15) is 11.4 Å². The Morgan fingerprint density at radius 3 is 1.31 bits per heavy atom. The van der Waals surface area contributed by atoms with Gasteiger partial charge in [-0.3, -0.25) is 19.4 Å². The van der Waals surface area contributed by atoms with Crippen LogP contribution < -0.4 is 10.6 Å². The molecule has 2 N–H and O–H groups in total. The molecule has 2 heterocycles. The summed E-state index contributed by atoms with van der Waals surface area (Å²) in [6.45, 7) is 16.3. The Morgan fingerprint density at radius 1 is 0.641 bits per heavy atom. The van der Waals surface area contributed by atoms with Gasteiger partial charge in [0, 0.05) is 24.9 Å². The van der Waals surface area contributed by atoms with Gasteiger partial charge in [-0.25, -0.2) is 9.98 Å². The van der Waals surface area contributed by atoms with Crippen LogP contribution in [0, 0.1) is 63.2 Å². The summed E-state index contributed by atoms with van der Waals surface area (Å²) in [5, 5.41) is 6.08. The third-order valence-electron chi connectivity index (χ3n) is 5.32. The maximum Gasteiger partial charge on any atom is 2.00 e. The molecule has 2 aliphatic heterocycles. The number of guanidine groups is 2. The standard InChI is InChI=1S/2C15H16N3O.Fe/c2*1-3-9-16-15-17-13(11-12-7-5-6-8-12)14(19)18(15)10-4-2;/h2*3-8,11H,1-2,9-10H2,(H,16,17);/q;;+2/b2*13-11-;. The first-order chi connectivity index (χ1) is 18.5. The Kier molecular flexibility index (Phi) is 13.7. The normalized spacial score (nSPS) is 23.6. The van der Waals surface area contributed by atoms with Gasteiger partial charge in [0.15, 0.2) is 0 Å². The van der Waals surface area contributed by atoms with E-state index in [4.69, 9.17) is 0 Å². The van der Waals surface area contributed by atoms with E-state index in [9.17, 15) is 9.59 Å². The maximum absolute atomic E-state index is 12.2. The van der Waals surface area contributed by atoms with Crippen molar-refractivity contribution in [2.24, 2.45) is 9.98 Å². The molecular formula is C30H32FeN6O2+2. The van der Waals surface area contributed by atoms with Crippen LogP contribution in [0.4, 0.5) is 0 Å². The topological polar surface area (TPSA) is 89.4 Å². The zero-order chi connectivity index (χ0) is 27.3. The molecule has 9 heteroatoms. The Balaban J connectivity index is 0.000000267. The van der Waals surface area contributed by atoms with Crippen LogP contribution in [-0.4, -0.2) is 59.7 Å². The van der Waals surface area contributed by atoms with Crippen molar-refractivity contribution in [2.45, 2.75) is 0 Å². The van der Waals surface area contributed by atoms with Crippen LogP contribution >= 0.6 is 0 Å². The third kappa shape index (κ3) is 8.94. The maximum atomic E-state index is 12.2. The molecule has 4 aliphatic rings. The monoisotopic (exact) mass is 564 g/mol. The van der Waals surface area contributed by atoms with Gasteiger partial charge in [0.2, 0.25) is 11.9 Å². The number of carbonyl (C=O) groups excluding carboxylic acids is 2. The van der Waals surface area contributed by atoms with Crippen LogP contribution in [0.15, 0.2) is 84.2 Å². The third-order valence-corrected chi connectivity index (χ3v) is 5.32. The van der Waals surface area contributed by atoms with Crippen LogP contribution in [0.25, 0.3) is 0 Å². The van der Waals surface area contributed by atoms with E-state index in [1.165, 1.54) is 0 Å². The van der Waals surface area contributed by atoms with Crippen LogP contribution in [0.1, 0.15) is 0 Å².